The van der Waals surface area contributed by atoms with E-state index < -0.39 is 9.84 Å². The molecule has 2 aromatic rings. The van der Waals surface area contributed by atoms with E-state index in [9.17, 15) is 13.2 Å². The lowest BCUT2D eigenvalue weighted by atomic mass is 10.2. The molecule has 1 fully saturated rings. The maximum atomic E-state index is 12.5. The fraction of sp³-hybridized carbons (Fsp3) is 0.250. The molecule has 2 N–H and O–H groups in total. The Bertz CT molecular complexity index is 919. The second kappa shape index (κ2) is 7.19. The van der Waals surface area contributed by atoms with E-state index in [0.29, 0.717) is 33.5 Å². The molecule has 1 aromatic heterocycles. The van der Waals surface area contributed by atoms with Gasteiger partial charge in [0.25, 0.3) is 5.91 Å². The van der Waals surface area contributed by atoms with Crippen molar-refractivity contribution in [2.24, 2.45) is 0 Å². The molecule has 3 rings (SSSR count). The molecule has 0 spiro atoms. The van der Waals surface area contributed by atoms with Crippen molar-refractivity contribution in [2.75, 3.05) is 16.8 Å². The van der Waals surface area contributed by atoms with E-state index in [2.05, 4.69) is 15.6 Å². The van der Waals surface area contributed by atoms with Gasteiger partial charge < -0.3 is 10.6 Å². The molecule has 0 radical (unpaired) electrons. The Morgan fingerprint density at radius 1 is 1.20 bits per heavy atom. The van der Waals surface area contributed by atoms with Crippen molar-refractivity contribution in [3.8, 4) is 0 Å². The van der Waals surface area contributed by atoms with Crippen LogP contribution in [0, 0.1) is 0 Å². The third-order valence-electron chi connectivity index (χ3n) is 3.80. The fourth-order valence-corrected chi connectivity index (χ4v) is 4.54. The van der Waals surface area contributed by atoms with Gasteiger partial charge in [0.1, 0.15) is 5.82 Å². The monoisotopic (exact) mass is 399 g/mol. The van der Waals surface area contributed by atoms with Crippen molar-refractivity contribution in [3.63, 3.8) is 0 Å². The van der Waals surface area contributed by atoms with Crippen molar-refractivity contribution >= 4 is 50.5 Å². The van der Waals surface area contributed by atoms with Crippen LogP contribution in [0.25, 0.3) is 0 Å². The van der Waals surface area contributed by atoms with Gasteiger partial charge in [-0.15, -0.1) is 0 Å². The maximum absolute atomic E-state index is 12.5. The van der Waals surface area contributed by atoms with Crippen LogP contribution in [0.15, 0.2) is 36.5 Å². The van der Waals surface area contributed by atoms with E-state index in [4.69, 9.17) is 23.2 Å². The predicted octanol–water partition coefficient (Wildman–Crippen LogP) is 3.05. The molecule has 132 valence electrons. The van der Waals surface area contributed by atoms with Gasteiger partial charge in [0.15, 0.2) is 9.84 Å². The summed E-state index contributed by atoms with van der Waals surface area (Å²) in [7, 11) is -3.06. The minimum atomic E-state index is -3.06. The highest BCUT2D eigenvalue weighted by molar-refractivity contribution is 7.91. The molecule has 1 aliphatic heterocycles. The summed E-state index contributed by atoms with van der Waals surface area (Å²) in [5.74, 6) is 0.0329. The SMILES string of the molecule is O=C(N[C@H]1CCS(=O)(=O)C1)c1cccnc1Nc1ccc(Cl)c(Cl)c1. The number of rotatable bonds is 4. The van der Waals surface area contributed by atoms with Gasteiger partial charge in [0, 0.05) is 17.9 Å². The standard InChI is InChI=1S/C16H15Cl2N3O3S/c17-13-4-3-10(8-14(13)18)20-15-12(2-1-6-19-15)16(22)21-11-5-7-25(23,24)9-11/h1-4,6,8,11H,5,7,9H2,(H,19,20)(H,21,22)/t11-/m0/s1. The first kappa shape index (κ1) is 18.0. The van der Waals surface area contributed by atoms with E-state index in [1.54, 1.807) is 36.5 Å². The number of aromatic nitrogens is 1. The first-order valence-electron chi connectivity index (χ1n) is 7.52. The number of nitrogens with one attached hydrogen (secondary N) is 2. The molecule has 0 aliphatic carbocycles. The quantitative estimate of drug-likeness (QED) is 0.824. The maximum Gasteiger partial charge on any atom is 0.255 e. The Labute approximate surface area is 155 Å². The Kier molecular flexibility index (Phi) is 5.17. The normalized spacial score (nSPS) is 18.7. The minimum Gasteiger partial charge on any atom is -0.348 e. The molecule has 1 saturated heterocycles. The van der Waals surface area contributed by atoms with E-state index in [-0.39, 0.29) is 23.5 Å². The second-order valence-corrected chi connectivity index (χ2v) is 8.77. The molecule has 1 atom stereocenters. The zero-order chi connectivity index (χ0) is 18.0. The molecule has 25 heavy (non-hydrogen) atoms. The van der Waals surface area contributed by atoms with Gasteiger partial charge in [-0.1, -0.05) is 23.2 Å². The van der Waals surface area contributed by atoms with Crippen LogP contribution in [0.5, 0.6) is 0 Å². The van der Waals surface area contributed by atoms with Gasteiger partial charge in [0.05, 0.1) is 27.1 Å². The Morgan fingerprint density at radius 2 is 2.00 bits per heavy atom. The fourth-order valence-electron chi connectivity index (χ4n) is 2.57. The number of hydrogen-bond acceptors (Lipinski definition) is 5. The van der Waals surface area contributed by atoms with Crippen LogP contribution in [-0.4, -0.2) is 36.9 Å². The number of hydrogen-bond donors (Lipinski definition) is 2. The van der Waals surface area contributed by atoms with Gasteiger partial charge in [-0.2, -0.15) is 0 Å². The molecule has 1 aromatic carbocycles. The van der Waals surface area contributed by atoms with E-state index in [1.165, 1.54) is 0 Å². The van der Waals surface area contributed by atoms with Crippen LogP contribution in [0.4, 0.5) is 11.5 Å². The molecule has 6 nitrogen and oxygen atoms in total. The lowest BCUT2D eigenvalue weighted by molar-refractivity contribution is 0.0941. The Hall–Kier alpha value is -1.83. The van der Waals surface area contributed by atoms with Gasteiger partial charge in [0.2, 0.25) is 0 Å². The second-order valence-electron chi connectivity index (χ2n) is 5.73. The average molecular weight is 400 g/mol. The van der Waals surface area contributed by atoms with Crippen molar-refractivity contribution in [3.05, 3.63) is 52.1 Å². The first-order valence-corrected chi connectivity index (χ1v) is 10.1. The number of pyridine rings is 1. The lowest BCUT2D eigenvalue weighted by Gasteiger charge is -2.14. The summed E-state index contributed by atoms with van der Waals surface area (Å²) in [6, 6.07) is 7.86. The smallest absolute Gasteiger partial charge is 0.255 e. The number of anilines is 2. The lowest BCUT2D eigenvalue weighted by Crippen LogP contribution is -2.36. The zero-order valence-electron chi connectivity index (χ0n) is 13.0. The summed E-state index contributed by atoms with van der Waals surface area (Å²) in [5.41, 5.74) is 0.948. The molecule has 0 unspecified atom stereocenters. The highest BCUT2D eigenvalue weighted by Gasteiger charge is 2.29. The molecule has 1 amide bonds. The average Bonchev–Trinajstić information content (AvgIpc) is 2.90. The number of amides is 1. The van der Waals surface area contributed by atoms with Crippen molar-refractivity contribution in [1.29, 1.82) is 0 Å². The largest absolute Gasteiger partial charge is 0.348 e. The number of sulfone groups is 1. The molecular formula is C16H15Cl2N3O3S. The molecular weight excluding hydrogens is 385 g/mol. The van der Waals surface area contributed by atoms with Gasteiger partial charge in [-0.25, -0.2) is 13.4 Å². The van der Waals surface area contributed by atoms with Gasteiger partial charge >= 0.3 is 0 Å². The van der Waals surface area contributed by atoms with Gasteiger partial charge in [-0.3, -0.25) is 4.79 Å². The van der Waals surface area contributed by atoms with Crippen LogP contribution in [0.3, 0.4) is 0 Å². The molecule has 9 heteroatoms. The van der Waals surface area contributed by atoms with Crippen LogP contribution in [0.1, 0.15) is 16.8 Å². The highest BCUT2D eigenvalue weighted by Crippen LogP contribution is 2.27. The molecule has 0 bridgehead atoms. The number of carbonyl (C=O) groups excluding carboxylic acids is 1. The summed E-state index contributed by atoms with van der Waals surface area (Å²) in [6.45, 7) is 0. The van der Waals surface area contributed by atoms with Crippen molar-refractivity contribution in [1.82, 2.24) is 10.3 Å². The molecule has 0 saturated carbocycles. The summed E-state index contributed by atoms with van der Waals surface area (Å²) in [5, 5.41) is 6.59. The Morgan fingerprint density at radius 3 is 2.68 bits per heavy atom. The van der Waals surface area contributed by atoms with Crippen LogP contribution >= 0.6 is 23.2 Å². The number of benzene rings is 1. The van der Waals surface area contributed by atoms with E-state index >= 15 is 0 Å². The topological polar surface area (TPSA) is 88.2 Å². The van der Waals surface area contributed by atoms with Crippen molar-refractivity contribution in [2.45, 2.75) is 12.5 Å². The van der Waals surface area contributed by atoms with Crippen LogP contribution in [-0.2, 0) is 9.84 Å². The van der Waals surface area contributed by atoms with E-state index in [1.807, 2.05) is 0 Å². The Balaban J connectivity index is 1.78. The van der Waals surface area contributed by atoms with Gasteiger partial charge in [-0.05, 0) is 36.8 Å². The summed E-state index contributed by atoms with van der Waals surface area (Å²) < 4.78 is 23.1. The summed E-state index contributed by atoms with van der Waals surface area (Å²) in [6.07, 6.45) is 1.97. The molecule has 1 aliphatic rings. The minimum absolute atomic E-state index is 0.0332. The van der Waals surface area contributed by atoms with Crippen LogP contribution in [0.2, 0.25) is 10.0 Å². The molecule has 2 heterocycles. The predicted molar refractivity (Wildman–Crippen MR) is 98.5 cm³/mol. The number of nitrogens with zero attached hydrogens (tertiary/aromatic N) is 1. The summed E-state index contributed by atoms with van der Waals surface area (Å²) >= 11 is 11.9. The van der Waals surface area contributed by atoms with Crippen molar-refractivity contribution < 1.29 is 13.2 Å². The first-order chi connectivity index (χ1) is 11.8. The number of halogens is 2. The van der Waals surface area contributed by atoms with Crippen LogP contribution < -0.4 is 10.6 Å². The van der Waals surface area contributed by atoms with E-state index in [0.717, 1.165) is 0 Å². The number of carbonyl (C=O) groups is 1. The highest BCUT2D eigenvalue weighted by atomic mass is 35.5. The zero-order valence-corrected chi connectivity index (χ0v) is 15.3. The summed E-state index contributed by atoms with van der Waals surface area (Å²) in [4.78, 5) is 16.7. The third kappa shape index (κ3) is 4.42. The third-order valence-corrected chi connectivity index (χ3v) is 6.31.